The second-order valence-electron chi connectivity index (χ2n) is 4.33. The number of nitrogens with zero attached hydrogens (tertiary/aromatic N) is 2. The van der Waals surface area contributed by atoms with E-state index in [0.29, 0.717) is 0 Å². The van der Waals surface area contributed by atoms with Crippen LogP contribution in [0.15, 0.2) is 23.9 Å². The highest BCUT2D eigenvalue weighted by molar-refractivity contribution is 5.32. The molecule has 1 aliphatic carbocycles. The quantitative estimate of drug-likeness (QED) is 0.866. The summed E-state index contributed by atoms with van der Waals surface area (Å²) < 4.78 is 7.79. The van der Waals surface area contributed by atoms with Gasteiger partial charge >= 0.3 is 0 Å². The molecule has 92 valence electrons. The molecule has 0 bridgehead atoms. The fraction of sp³-hybridized carbons (Fsp3) is 0.462. The van der Waals surface area contributed by atoms with Gasteiger partial charge in [0.05, 0.1) is 5.69 Å². The number of hydrogen-bond acceptors (Lipinski definition) is 3. The monoisotopic (exact) mass is 233 g/mol. The normalized spacial score (nSPS) is 19.2. The maximum absolute atomic E-state index is 5.99. The summed E-state index contributed by atoms with van der Waals surface area (Å²) in [6.45, 7) is 4.12. The van der Waals surface area contributed by atoms with Crippen molar-refractivity contribution in [2.75, 3.05) is 0 Å². The molecule has 1 unspecified atom stereocenters. The average Bonchev–Trinajstić information content (AvgIpc) is 2.53. The Labute approximate surface area is 102 Å². The van der Waals surface area contributed by atoms with E-state index < -0.39 is 0 Å². The van der Waals surface area contributed by atoms with E-state index in [1.165, 1.54) is 5.56 Å². The zero-order chi connectivity index (χ0) is 12.4. The first-order valence-electron chi connectivity index (χ1n) is 5.93. The summed E-state index contributed by atoms with van der Waals surface area (Å²) in [4.78, 5) is 0. The van der Waals surface area contributed by atoms with Gasteiger partial charge in [-0.15, -0.1) is 0 Å². The first kappa shape index (κ1) is 11.8. The molecule has 0 spiro atoms. The highest BCUT2D eigenvalue weighted by Crippen LogP contribution is 2.25. The summed E-state index contributed by atoms with van der Waals surface area (Å²) in [7, 11) is 1.91. The first-order chi connectivity index (χ1) is 8.11. The maximum Gasteiger partial charge on any atom is 0.215 e. The van der Waals surface area contributed by atoms with Crippen LogP contribution in [0, 0.1) is 6.92 Å². The van der Waals surface area contributed by atoms with Crippen LogP contribution < -0.4 is 10.5 Å². The number of allylic oxidation sites excluding steroid dienone is 2. The van der Waals surface area contributed by atoms with Crippen molar-refractivity contribution < 1.29 is 4.74 Å². The molecule has 0 saturated heterocycles. The first-order valence-corrected chi connectivity index (χ1v) is 5.93. The summed E-state index contributed by atoms with van der Waals surface area (Å²) >= 11 is 0. The fourth-order valence-electron chi connectivity index (χ4n) is 2.13. The number of nitrogens with two attached hydrogens (primary N) is 1. The number of ether oxygens (including phenoxy) is 1. The van der Waals surface area contributed by atoms with Crippen LogP contribution in [0.25, 0.3) is 0 Å². The van der Waals surface area contributed by atoms with Gasteiger partial charge in [-0.3, -0.25) is 0 Å². The van der Waals surface area contributed by atoms with Gasteiger partial charge in [-0.05, 0) is 25.5 Å². The molecule has 4 heteroatoms. The zero-order valence-electron chi connectivity index (χ0n) is 10.6. The molecular weight excluding hydrogens is 214 g/mol. The second-order valence-corrected chi connectivity index (χ2v) is 4.33. The summed E-state index contributed by atoms with van der Waals surface area (Å²) in [5.74, 6) is 0.856. The van der Waals surface area contributed by atoms with Crippen LogP contribution in [0.5, 0.6) is 5.88 Å². The molecule has 2 N–H and O–H groups in total. The van der Waals surface area contributed by atoms with Gasteiger partial charge in [0.1, 0.15) is 6.10 Å². The Morgan fingerprint density at radius 2 is 2.35 bits per heavy atom. The lowest BCUT2D eigenvalue weighted by Crippen LogP contribution is -2.21. The second kappa shape index (κ2) is 4.65. The number of rotatable bonds is 3. The molecule has 17 heavy (non-hydrogen) atoms. The number of hydrogen-bond donors (Lipinski definition) is 1. The van der Waals surface area contributed by atoms with Crippen LogP contribution in [-0.4, -0.2) is 15.9 Å². The minimum Gasteiger partial charge on any atom is -0.470 e. The SMILES string of the molecule is CCc1c(C)nn(C)c1OC1C=CC=C(N)C1. The van der Waals surface area contributed by atoms with Crippen molar-refractivity contribution >= 4 is 0 Å². The Morgan fingerprint density at radius 1 is 1.59 bits per heavy atom. The number of aryl methyl sites for hydroxylation is 2. The predicted octanol–water partition coefficient (Wildman–Crippen LogP) is 1.84. The van der Waals surface area contributed by atoms with Gasteiger partial charge < -0.3 is 10.5 Å². The largest absolute Gasteiger partial charge is 0.470 e. The topological polar surface area (TPSA) is 53.1 Å². The van der Waals surface area contributed by atoms with Gasteiger partial charge in [-0.25, -0.2) is 4.68 Å². The highest BCUT2D eigenvalue weighted by Gasteiger charge is 2.18. The Morgan fingerprint density at radius 3 is 3.00 bits per heavy atom. The van der Waals surface area contributed by atoms with Gasteiger partial charge in [-0.1, -0.05) is 13.0 Å². The highest BCUT2D eigenvalue weighted by atomic mass is 16.5. The molecule has 1 atom stereocenters. The lowest BCUT2D eigenvalue weighted by atomic mass is 10.1. The van der Waals surface area contributed by atoms with Gasteiger partial charge in [0, 0.05) is 24.7 Å². The molecule has 1 aromatic rings. The summed E-state index contributed by atoms with van der Waals surface area (Å²) in [6, 6.07) is 0. The fourth-order valence-corrected chi connectivity index (χ4v) is 2.13. The van der Waals surface area contributed by atoms with Crippen LogP contribution >= 0.6 is 0 Å². The van der Waals surface area contributed by atoms with E-state index in [1.807, 2.05) is 32.2 Å². The third-order valence-corrected chi connectivity index (χ3v) is 2.98. The van der Waals surface area contributed by atoms with Gasteiger partial charge in [0.2, 0.25) is 5.88 Å². The van der Waals surface area contributed by atoms with E-state index in [4.69, 9.17) is 10.5 Å². The van der Waals surface area contributed by atoms with Gasteiger partial charge in [0.25, 0.3) is 0 Å². The van der Waals surface area contributed by atoms with Gasteiger partial charge in [-0.2, -0.15) is 5.10 Å². The Bertz CT molecular complexity index is 471. The van der Waals surface area contributed by atoms with E-state index in [9.17, 15) is 0 Å². The third kappa shape index (κ3) is 2.35. The molecule has 0 amide bonds. The molecule has 0 saturated carbocycles. The van der Waals surface area contributed by atoms with E-state index in [2.05, 4.69) is 12.0 Å². The molecule has 1 aromatic heterocycles. The van der Waals surface area contributed by atoms with Crippen molar-refractivity contribution in [3.63, 3.8) is 0 Å². The standard InChI is InChI=1S/C13H19N3O/c1-4-12-9(2)15-16(3)13(12)17-11-7-5-6-10(14)8-11/h5-7,11H,4,8,14H2,1-3H3. The van der Waals surface area contributed by atoms with Crippen LogP contribution in [0.4, 0.5) is 0 Å². The number of aromatic nitrogens is 2. The van der Waals surface area contributed by atoms with E-state index in [1.54, 1.807) is 4.68 Å². The summed E-state index contributed by atoms with van der Waals surface area (Å²) in [6.07, 6.45) is 7.56. The van der Waals surface area contributed by atoms with Crippen LogP contribution in [-0.2, 0) is 13.5 Å². The van der Waals surface area contributed by atoms with Crippen molar-refractivity contribution in [3.8, 4) is 5.88 Å². The lowest BCUT2D eigenvalue weighted by molar-refractivity contribution is 0.224. The molecular formula is C13H19N3O. The predicted molar refractivity (Wildman–Crippen MR) is 67.8 cm³/mol. The van der Waals surface area contributed by atoms with Gasteiger partial charge in [0.15, 0.2) is 0 Å². The van der Waals surface area contributed by atoms with Crippen molar-refractivity contribution in [2.45, 2.75) is 32.8 Å². The van der Waals surface area contributed by atoms with Crippen LogP contribution in [0.1, 0.15) is 24.6 Å². The Hall–Kier alpha value is -1.71. The van der Waals surface area contributed by atoms with E-state index >= 15 is 0 Å². The Kier molecular flexibility index (Phi) is 3.22. The Balaban J connectivity index is 2.19. The molecule has 2 rings (SSSR count). The molecule has 0 fully saturated rings. The zero-order valence-corrected chi connectivity index (χ0v) is 10.6. The molecule has 0 aliphatic heterocycles. The molecule has 0 aromatic carbocycles. The van der Waals surface area contributed by atoms with Crippen molar-refractivity contribution in [1.82, 2.24) is 9.78 Å². The minimum atomic E-state index is 0.0140. The summed E-state index contributed by atoms with van der Waals surface area (Å²) in [5.41, 5.74) is 8.87. The molecule has 0 radical (unpaired) electrons. The lowest BCUT2D eigenvalue weighted by Gasteiger charge is -2.19. The maximum atomic E-state index is 5.99. The smallest absolute Gasteiger partial charge is 0.215 e. The van der Waals surface area contributed by atoms with Crippen molar-refractivity contribution in [3.05, 3.63) is 35.2 Å². The molecule has 1 heterocycles. The van der Waals surface area contributed by atoms with Crippen LogP contribution in [0.3, 0.4) is 0 Å². The minimum absolute atomic E-state index is 0.0140. The molecule has 4 nitrogen and oxygen atoms in total. The van der Waals surface area contributed by atoms with E-state index in [-0.39, 0.29) is 6.10 Å². The third-order valence-electron chi connectivity index (χ3n) is 2.98. The average molecular weight is 233 g/mol. The van der Waals surface area contributed by atoms with E-state index in [0.717, 1.165) is 30.1 Å². The van der Waals surface area contributed by atoms with Crippen molar-refractivity contribution in [2.24, 2.45) is 12.8 Å². The van der Waals surface area contributed by atoms with Crippen molar-refractivity contribution in [1.29, 1.82) is 0 Å². The summed E-state index contributed by atoms with van der Waals surface area (Å²) in [5, 5.41) is 4.39. The molecule has 1 aliphatic rings. The van der Waals surface area contributed by atoms with Crippen LogP contribution in [0.2, 0.25) is 0 Å².